The molecule has 1 heterocycles. The molecule has 1 fully saturated rings. The van der Waals surface area contributed by atoms with E-state index in [-0.39, 0.29) is 16.8 Å². The fourth-order valence-electron chi connectivity index (χ4n) is 2.28. The molecule has 0 aromatic rings. The van der Waals surface area contributed by atoms with Crippen molar-refractivity contribution in [1.82, 2.24) is 4.90 Å². The third-order valence-electron chi connectivity index (χ3n) is 3.80. The van der Waals surface area contributed by atoms with Gasteiger partial charge in [-0.1, -0.05) is 13.8 Å². The monoisotopic (exact) mass is 227 g/mol. The minimum absolute atomic E-state index is 0.0366. The maximum absolute atomic E-state index is 11.5. The summed E-state index contributed by atoms with van der Waals surface area (Å²) in [6.45, 7) is 10.7. The van der Waals surface area contributed by atoms with Gasteiger partial charge in [-0.2, -0.15) is 0 Å². The predicted octanol–water partition coefficient (Wildman–Crippen LogP) is 2.10. The molecule has 0 amide bonds. The van der Waals surface area contributed by atoms with E-state index in [4.69, 9.17) is 4.74 Å². The number of ether oxygens (including phenoxy) is 1. The van der Waals surface area contributed by atoms with Crippen LogP contribution in [0.2, 0.25) is 0 Å². The number of rotatable bonds is 4. The van der Waals surface area contributed by atoms with E-state index >= 15 is 0 Å². The Morgan fingerprint density at radius 1 is 1.50 bits per heavy atom. The van der Waals surface area contributed by atoms with Gasteiger partial charge in [0.1, 0.15) is 5.78 Å². The Bertz CT molecular complexity index is 263. The molecule has 1 aliphatic rings. The Morgan fingerprint density at radius 2 is 2.12 bits per heavy atom. The first kappa shape index (κ1) is 13.7. The zero-order valence-electron chi connectivity index (χ0n) is 11.3. The zero-order valence-corrected chi connectivity index (χ0v) is 11.3. The van der Waals surface area contributed by atoms with Crippen molar-refractivity contribution < 1.29 is 9.53 Å². The molecule has 0 spiro atoms. The first-order chi connectivity index (χ1) is 7.29. The van der Waals surface area contributed by atoms with Gasteiger partial charge in [-0.05, 0) is 33.2 Å². The third-order valence-corrected chi connectivity index (χ3v) is 3.80. The standard InChI is InChI=1S/C13H25NO2/c1-11(15)12(2,3)9-14-8-6-7-13(4,10-14)16-5/h6-10H2,1-5H3. The highest BCUT2D eigenvalue weighted by Gasteiger charge is 2.34. The number of carbonyl (C=O) groups excluding carboxylic acids is 1. The number of hydrogen-bond donors (Lipinski definition) is 0. The molecule has 0 aromatic carbocycles. The van der Waals surface area contributed by atoms with Crippen LogP contribution in [0.15, 0.2) is 0 Å². The Balaban J connectivity index is 2.59. The lowest BCUT2D eigenvalue weighted by Crippen LogP contribution is -2.50. The van der Waals surface area contributed by atoms with Crippen molar-refractivity contribution in [3.63, 3.8) is 0 Å². The molecule has 0 radical (unpaired) electrons. The normalized spacial score (nSPS) is 28.1. The molecule has 3 heteroatoms. The van der Waals surface area contributed by atoms with Gasteiger partial charge < -0.3 is 4.74 Å². The predicted molar refractivity (Wildman–Crippen MR) is 65.6 cm³/mol. The van der Waals surface area contributed by atoms with Crippen LogP contribution in [0.3, 0.4) is 0 Å². The Labute approximate surface area is 99.1 Å². The summed E-state index contributed by atoms with van der Waals surface area (Å²) in [5.41, 5.74) is -0.281. The molecule has 94 valence electrons. The smallest absolute Gasteiger partial charge is 0.136 e. The van der Waals surface area contributed by atoms with Crippen LogP contribution in [0.1, 0.15) is 40.5 Å². The van der Waals surface area contributed by atoms with Gasteiger partial charge in [0.25, 0.3) is 0 Å². The Morgan fingerprint density at radius 3 is 2.62 bits per heavy atom. The average Bonchev–Trinajstić information content (AvgIpc) is 2.17. The second-order valence-electron chi connectivity index (χ2n) is 5.91. The van der Waals surface area contributed by atoms with Crippen molar-refractivity contribution in [3.8, 4) is 0 Å². The number of likely N-dealkylation sites (tertiary alicyclic amines) is 1. The van der Waals surface area contributed by atoms with Gasteiger partial charge in [-0.15, -0.1) is 0 Å². The number of nitrogens with zero attached hydrogens (tertiary/aromatic N) is 1. The fourth-order valence-corrected chi connectivity index (χ4v) is 2.28. The molecule has 0 N–H and O–H groups in total. The molecular weight excluding hydrogens is 202 g/mol. The minimum atomic E-state index is -0.244. The van der Waals surface area contributed by atoms with Crippen LogP contribution >= 0.6 is 0 Å². The molecular formula is C13H25NO2. The van der Waals surface area contributed by atoms with E-state index in [0.29, 0.717) is 0 Å². The van der Waals surface area contributed by atoms with Crippen molar-refractivity contribution in [2.75, 3.05) is 26.7 Å². The summed E-state index contributed by atoms with van der Waals surface area (Å²) in [6.07, 6.45) is 2.26. The van der Waals surface area contributed by atoms with Crippen LogP contribution in [-0.4, -0.2) is 43.0 Å². The summed E-state index contributed by atoms with van der Waals surface area (Å²) in [5.74, 6) is 0.261. The van der Waals surface area contributed by atoms with Crippen molar-refractivity contribution in [3.05, 3.63) is 0 Å². The zero-order chi connectivity index (χ0) is 12.4. The van der Waals surface area contributed by atoms with Gasteiger partial charge in [0.05, 0.1) is 5.60 Å². The number of Topliss-reactive ketones (excluding diaryl/α,β-unsaturated/α-hetero) is 1. The molecule has 1 aliphatic heterocycles. The Hall–Kier alpha value is -0.410. The number of carbonyl (C=O) groups is 1. The van der Waals surface area contributed by atoms with Gasteiger partial charge in [0.15, 0.2) is 0 Å². The van der Waals surface area contributed by atoms with Crippen LogP contribution < -0.4 is 0 Å². The molecule has 1 rings (SSSR count). The van der Waals surface area contributed by atoms with Crippen LogP contribution in [-0.2, 0) is 9.53 Å². The van der Waals surface area contributed by atoms with E-state index in [1.54, 1.807) is 14.0 Å². The fraction of sp³-hybridized carbons (Fsp3) is 0.923. The highest BCUT2D eigenvalue weighted by atomic mass is 16.5. The number of ketones is 1. The van der Waals surface area contributed by atoms with Crippen LogP contribution in [0, 0.1) is 5.41 Å². The van der Waals surface area contributed by atoms with Crippen molar-refractivity contribution >= 4 is 5.78 Å². The quantitative estimate of drug-likeness (QED) is 0.736. The number of hydrogen-bond acceptors (Lipinski definition) is 3. The molecule has 0 bridgehead atoms. The maximum Gasteiger partial charge on any atom is 0.136 e. The van der Waals surface area contributed by atoms with Crippen molar-refractivity contribution in [2.24, 2.45) is 5.41 Å². The first-order valence-electron chi connectivity index (χ1n) is 6.08. The average molecular weight is 227 g/mol. The summed E-state index contributed by atoms with van der Waals surface area (Å²) in [6, 6.07) is 0. The molecule has 16 heavy (non-hydrogen) atoms. The Kier molecular flexibility index (Phi) is 4.13. The van der Waals surface area contributed by atoms with Crippen LogP contribution in [0.4, 0.5) is 0 Å². The number of piperidine rings is 1. The van der Waals surface area contributed by atoms with Gasteiger partial charge in [0.2, 0.25) is 0 Å². The summed E-state index contributed by atoms with van der Waals surface area (Å²) in [5, 5.41) is 0. The van der Waals surface area contributed by atoms with Gasteiger partial charge in [-0.3, -0.25) is 9.69 Å². The van der Waals surface area contributed by atoms with E-state index in [9.17, 15) is 4.79 Å². The second kappa shape index (κ2) is 4.84. The van der Waals surface area contributed by atoms with Crippen LogP contribution in [0.5, 0.6) is 0 Å². The third kappa shape index (κ3) is 3.29. The highest BCUT2D eigenvalue weighted by molar-refractivity contribution is 5.81. The number of methoxy groups -OCH3 is 1. The SMILES string of the molecule is COC1(C)CCCN(CC(C)(C)C(C)=O)C1. The molecule has 0 saturated carbocycles. The molecule has 1 unspecified atom stereocenters. The molecule has 0 aliphatic carbocycles. The maximum atomic E-state index is 11.5. The van der Waals surface area contributed by atoms with Gasteiger partial charge >= 0.3 is 0 Å². The largest absolute Gasteiger partial charge is 0.377 e. The van der Waals surface area contributed by atoms with Crippen molar-refractivity contribution in [1.29, 1.82) is 0 Å². The molecule has 1 saturated heterocycles. The topological polar surface area (TPSA) is 29.5 Å². The lowest BCUT2D eigenvalue weighted by atomic mass is 9.86. The minimum Gasteiger partial charge on any atom is -0.377 e. The summed E-state index contributed by atoms with van der Waals surface area (Å²) in [4.78, 5) is 13.9. The van der Waals surface area contributed by atoms with E-state index in [2.05, 4.69) is 11.8 Å². The lowest BCUT2D eigenvalue weighted by molar-refractivity contribution is -0.127. The molecule has 0 aromatic heterocycles. The van der Waals surface area contributed by atoms with E-state index in [1.807, 2.05) is 13.8 Å². The van der Waals surface area contributed by atoms with Gasteiger partial charge in [0, 0.05) is 25.6 Å². The summed E-state index contributed by atoms with van der Waals surface area (Å²) >= 11 is 0. The highest BCUT2D eigenvalue weighted by Crippen LogP contribution is 2.27. The summed E-state index contributed by atoms with van der Waals surface area (Å²) < 4.78 is 5.56. The van der Waals surface area contributed by atoms with Crippen molar-refractivity contribution in [2.45, 2.75) is 46.1 Å². The van der Waals surface area contributed by atoms with Gasteiger partial charge in [-0.25, -0.2) is 0 Å². The first-order valence-corrected chi connectivity index (χ1v) is 6.08. The molecule has 3 nitrogen and oxygen atoms in total. The lowest BCUT2D eigenvalue weighted by Gasteiger charge is -2.42. The second-order valence-corrected chi connectivity index (χ2v) is 5.91. The summed E-state index contributed by atoms with van der Waals surface area (Å²) in [7, 11) is 1.78. The van der Waals surface area contributed by atoms with E-state index in [1.165, 1.54) is 0 Å². The van der Waals surface area contributed by atoms with E-state index < -0.39 is 0 Å². The van der Waals surface area contributed by atoms with Crippen LogP contribution in [0.25, 0.3) is 0 Å². The molecule has 1 atom stereocenters. The van der Waals surface area contributed by atoms with E-state index in [0.717, 1.165) is 32.5 Å².